The summed E-state index contributed by atoms with van der Waals surface area (Å²) < 4.78 is 1.73. The highest BCUT2D eigenvalue weighted by atomic mass is 35.5. The number of carbonyl (C=O) groups is 1. The molecule has 1 aromatic heterocycles. The van der Waals surface area contributed by atoms with Crippen molar-refractivity contribution in [2.75, 3.05) is 11.5 Å². The number of aromatic nitrogens is 2. The Morgan fingerprint density at radius 3 is 2.71 bits per heavy atom. The quantitative estimate of drug-likeness (QED) is 0.717. The van der Waals surface area contributed by atoms with Crippen LogP contribution in [0.1, 0.15) is 31.7 Å². The molecule has 0 N–H and O–H groups in total. The molecule has 0 atom stereocenters. The third-order valence-corrected chi connectivity index (χ3v) is 4.14. The van der Waals surface area contributed by atoms with Crippen LogP contribution in [-0.4, -0.2) is 27.1 Å². The van der Waals surface area contributed by atoms with Gasteiger partial charge in [0.1, 0.15) is 5.78 Å². The van der Waals surface area contributed by atoms with Crippen LogP contribution in [0.5, 0.6) is 0 Å². The molecule has 0 saturated heterocycles. The Morgan fingerprint density at radius 1 is 1.47 bits per heavy atom. The molecule has 0 aliphatic carbocycles. The van der Waals surface area contributed by atoms with Gasteiger partial charge >= 0.3 is 0 Å². The molecule has 0 unspecified atom stereocenters. The number of thioether (sulfide) groups is 1. The van der Waals surface area contributed by atoms with Crippen LogP contribution in [0.4, 0.5) is 0 Å². The fraction of sp³-hybridized carbons (Fsp3) is 0.667. The van der Waals surface area contributed by atoms with Crippen LogP contribution in [0.15, 0.2) is 0 Å². The SMILES string of the molecule is CCCSCC(=O)Cc1c(Cl)c(CC)nn1C. The van der Waals surface area contributed by atoms with Crippen LogP contribution in [0.3, 0.4) is 0 Å². The Hall–Kier alpha value is -0.480. The Morgan fingerprint density at radius 2 is 2.18 bits per heavy atom. The maximum Gasteiger partial charge on any atom is 0.148 e. The topological polar surface area (TPSA) is 34.9 Å². The number of nitrogens with zero attached hydrogens (tertiary/aromatic N) is 2. The lowest BCUT2D eigenvalue weighted by molar-refractivity contribution is -0.116. The minimum absolute atomic E-state index is 0.219. The highest BCUT2D eigenvalue weighted by Gasteiger charge is 2.15. The van der Waals surface area contributed by atoms with Gasteiger partial charge in [-0.25, -0.2) is 0 Å². The summed E-state index contributed by atoms with van der Waals surface area (Å²) in [5.41, 5.74) is 1.71. The third-order valence-electron chi connectivity index (χ3n) is 2.48. The standard InChI is InChI=1S/C12H19ClN2OS/c1-4-6-17-8-9(16)7-11-12(13)10(5-2)14-15(11)3/h4-8H2,1-3H3. The summed E-state index contributed by atoms with van der Waals surface area (Å²) in [5.74, 6) is 1.82. The molecular weight excluding hydrogens is 256 g/mol. The zero-order chi connectivity index (χ0) is 12.8. The number of halogens is 1. The van der Waals surface area contributed by atoms with E-state index in [1.54, 1.807) is 16.4 Å². The van der Waals surface area contributed by atoms with Crippen LogP contribution in [-0.2, 0) is 24.7 Å². The zero-order valence-corrected chi connectivity index (χ0v) is 12.2. The van der Waals surface area contributed by atoms with E-state index in [0.29, 0.717) is 17.2 Å². The fourth-order valence-corrected chi connectivity index (χ4v) is 2.70. The van der Waals surface area contributed by atoms with Crippen LogP contribution in [0.2, 0.25) is 5.02 Å². The minimum atomic E-state index is 0.219. The Bertz CT molecular complexity index is 390. The van der Waals surface area contributed by atoms with Crippen molar-refractivity contribution in [1.29, 1.82) is 0 Å². The van der Waals surface area contributed by atoms with Crippen molar-refractivity contribution in [3.8, 4) is 0 Å². The van der Waals surface area contributed by atoms with Gasteiger partial charge in [0.2, 0.25) is 0 Å². The molecule has 5 heteroatoms. The van der Waals surface area contributed by atoms with Crippen molar-refractivity contribution in [2.24, 2.45) is 7.05 Å². The average Bonchev–Trinajstić information content (AvgIpc) is 2.57. The summed E-state index contributed by atoms with van der Waals surface area (Å²) in [5, 5.41) is 4.96. The Labute approximate surface area is 112 Å². The first kappa shape index (κ1) is 14.6. The molecule has 96 valence electrons. The number of carbonyl (C=O) groups excluding carboxylic acids is 1. The Kier molecular flexibility index (Phi) is 6.06. The molecular formula is C12H19ClN2OS. The highest BCUT2D eigenvalue weighted by molar-refractivity contribution is 7.99. The number of hydrogen-bond acceptors (Lipinski definition) is 3. The second-order valence-corrected chi connectivity index (χ2v) is 5.44. The van der Waals surface area contributed by atoms with Gasteiger partial charge in [0, 0.05) is 7.05 Å². The van der Waals surface area contributed by atoms with E-state index in [1.165, 1.54) is 0 Å². The molecule has 0 aromatic carbocycles. The Balaban J connectivity index is 2.62. The van der Waals surface area contributed by atoms with Crippen molar-refractivity contribution in [2.45, 2.75) is 33.1 Å². The molecule has 0 fully saturated rings. The van der Waals surface area contributed by atoms with Gasteiger partial charge in [-0.15, -0.1) is 0 Å². The molecule has 0 amide bonds. The molecule has 1 heterocycles. The summed E-state index contributed by atoms with van der Waals surface area (Å²) in [7, 11) is 1.84. The van der Waals surface area contributed by atoms with Crippen LogP contribution >= 0.6 is 23.4 Å². The van der Waals surface area contributed by atoms with Crippen molar-refractivity contribution >= 4 is 29.1 Å². The molecule has 3 nitrogen and oxygen atoms in total. The molecule has 0 saturated carbocycles. The van der Waals surface area contributed by atoms with Gasteiger partial charge in [-0.05, 0) is 18.6 Å². The van der Waals surface area contributed by atoms with E-state index in [4.69, 9.17) is 11.6 Å². The maximum atomic E-state index is 11.8. The van der Waals surface area contributed by atoms with Gasteiger partial charge in [-0.1, -0.05) is 25.4 Å². The first-order valence-corrected chi connectivity index (χ1v) is 7.43. The van der Waals surface area contributed by atoms with E-state index >= 15 is 0 Å². The molecule has 0 radical (unpaired) electrons. The van der Waals surface area contributed by atoms with Gasteiger partial charge < -0.3 is 0 Å². The lowest BCUT2D eigenvalue weighted by Crippen LogP contribution is -2.10. The molecule has 0 aliphatic heterocycles. The number of hydrogen-bond donors (Lipinski definition) is 0. The predicted molar refractivity (Wildman–Crippen MR) is 73.9 cm³/mol. The molecule has 1 aromatic rings. The minimum Gasteiger partial charge on any atom is -0.298 e. The lowest BCUT2D eigenvalue weighted by atomic mass is 10.2. The van der Waals surface area contributed by atoms with Gasteiger partial charge in [0.05, 0.1) is 28.6 Å². The zero-order valence-electron chi connectivity index (χ0n) is 10.6. The first-order chi connectivity index (χ1) is 8.10. The molecule has 0 bridgehead atoms. The number of aryl methyl sites for hydroxylation is 2. The summed E-state index contributed by atoms with van der Waals surface area (Å²) in [6.07, 6.45) is 2.29. The molecule has 0 aliphatic rings. The lowest BCUT2D eigenvalue weighted by Gasteiger charge is -2.02. The van der Waals surface area contributed by atoms with Crippen molar-refractivity contribution < 1.29 is 4.79 Å². The summed E-state index contributed by atoms with van der Waals surface area (Å²) >= 11 is 7.88. The van der Waals surface area contributed by atoms with Crippen LogP contribution in [0.25, 0.3) is 0 Å². The maximum absolute atomic E-state index is 11.8. The molecule has 0 spiro atoms. The second-order valence-electron chi connectivity index (χ2n) is 3.95. The summed E-state index contributed by atoms with van der Waals surface area (Å²) in [6.45, 7) is 4.12. The second kappa shape index (κ2) is 7.07. The van der Waals surface area contributed by atoms with E-state index in [1.807, 2.05) is 14.0 Å². The number of ketones is 1. The van der Waals surface area contributed by atoms with Crippen molar-refractivity contribution in [3.63, 3.8) is 0 Å². The molecule has 1 rings (SSSR count). The van der Waals surface area contributed by atoms with E-state index in [9.17, 15) is 4.79 Å². The van der Waals surface area contributed by atoms with Crippen LogP contribution < -0.4 is 0 Å². The van der Waals surface area contributed by atoms with Crippen molar-refractivity contribution in [1.82, 2.24) is 9.78 Å². The smallest absolute Gasteiger partial charge is 0.148 e. The highest BCUT2D eigenvalue weighted by Crippen LogP contribution is 2.21. The van der Waals surface area contributed by atoms with Crippen molar-refractivity contribution in [3.05, 3.63) is 16.4 Å². The first-order valence-electron chi connectivity index (χ1n) is 5.89. The van der Waals surface area contributed by atoms with E-state index in [-0.39, 0.29) is 5.78 Å². The number of rotatable bonds is 7. The largest absolute Gasteiger partial charge is 0.298 e. The van der Waals surface area contributed by atoms with Gasteiger partial charge in [0.15, 0.2) is 0 Å². The van der Waals surface area contributed by atoms with Gasteiger partial charge in [0.25, 0.3) is 0 Å². The predicted octanol–water partition coefficient (Wildman–Crippen LogP) is 2.89. The van der Waals surface area contributed by atoms with E-state index in [0.717, 1.165) is 30.0 Å². The third kappa shape index (κ3) is 4.03. The van der Waals surface area contributed by atoms with Gasteiger partial charge in [-0.3, -0.25) is 9.48 Å². The normalized spacial score (nSPS) is 10.8. The molecule has 17 heavy (non-hydrogen) atoms. The fourth-order valence-electron chi connectivity index (χ4n) is 1.58. The van der Waals surface area contributed by atoms with Crippen LogP contribution in [0, 0.1) is 0 Å². The van der Waals surface area contributed by atoms with Gasteiger partial charge in [-0.2, -0.15) is 16.9 Å². The average molecular weight is 275 g/mol. The summed E-state index contributed by atoms with van der Waals surface area (Å²) in [6, 6.07) is 0. The van der Waals surface area contributed by atoms with E-state index < -0.39 is 0 Å². The number of Topliss-reactive ketones (excluding diaryl/α,β-unsaturated/α-hetero) is 1. The summed E-state index contributed by atoms with van der Waals surface area (Å²) in [4.78, 5) is 11.8. The van der Waals surface area contributed by atoms with E-state index in [2.05, 4.69) is 12.0 Å². The monoisotopic (exact) mass is 274 g/mol.